The molecule has 0 saturated carbocycles. The Kier molecular flexibility index (Phi) is 13.0. The second-order valence-electron chi connectivity index (χ2n) is 6.66. The van der Waals surface area contributed by atoms with Crippen LogP contribution < -0.4 is 10.6 Å². The summed E-state index contributed by atoms with van der Waals surface area (Å²) in [6.07, 6.45) is 5.14. The second kappa shape index (κ2) is 14.4. The molecule has 0 amide bonds. The summed E-state index contributed by atoms with van der Waals surface area (Å²) in [6.45, 7) is 8.82. The van der Waals surface area contributed by atoms with Crippen LogP contribution in [0.25, 0.3) is 0 Å². The van der Waals surface area contributed by atoms with E-state index < -0.39 is 0 Å². The number of guanidine groups is 1. The highest BCUT2D eigenvalue weighted by Gasteiger charge is 2.18. The van der Waals surface area contributed by atoms with Crippen LogP contribution in [-0.4, -0.2) is 68.8 Å². The van der Waals surface area contributed by atoms with Gasteiger partial charge in [-0.1, -0.05) is 17.7 Å². The standard InChI is InChI=1S/C19H32ClN5O.HI/c1-3-21-19(22-9-6-16-4-5-18(20)23-14-16)24-15-17-7-10-25(11-8-17)12-13-26-2;/h4-5,14,17H,3,6-13,15H2,1-2H3,(H2,21,22,24);1H. The van der Waals surface area contributed by atoms with E-state index in [1.54, 1.807) is 7.11 Å². The van der Waals surface area contributed by atoms with E-state index in [2.05, 4.69) is 27.4 Å². The van der Waals surface area contributed by atoms with Gasteiger partial charge in [0.25, 0.3) is 0 Å². The lowest BCUT2D eigenvalue weighted by atomic mass is 9.97. The summed E-state index contributed by atoms with van der Waals surface area (Å²) in [5.74, 6) is 1.57. The number of halogens is 2. The number of nitrogens with one attached hydrogen (secondary N) is 2. The highest BCUT2D eigenvalue weighted by atomic mass is 127. The van der Waals surface area contributed by atoms with Gasteiger partial charge in [0.15, 0.2) is 5.96 Å². The van der Waals surface area contributed by atoms with Gasteiger partial charge in [0.1, 0.15) is 5.15 Å². The molecule has 0 bridgehead atoms. The van der Waals surface area contributed by atoms with Crippen molar-refractivity contribution in [2.45, 2.75) is 26.2 Å². The van der Waals surface area contributed by atoms with E-state index in [1.807, 2.05) is 18.3 Å². The van der Waals surface area contributed by atoms with E-state index in [4.69, 9.17) is 21.3 Å². The van der Waals surface area contributed by atoms with Crippen molar-refractivity contribution in [2.75, 3.05) is 53.0 Å². The van der Waals surface area contributed by atoms with Gasteiger partial charge >= 0.3 is 0 Å². The molecule has 0 unspecified atom stereocenters. The van der Waals surface area contributed by atoms with Crippen molar-refractivity contribution in [2.24, 2.45) is 10.9 Å². The van der Waals surface area contributed by atoms with E-state index in [-0.39, 0.29) is 24.0 Å². The normalized spacial score (nSPS) is 16.0. The van der Waals surface area contributed by atoms with Crippen LogP contribution in [0.5, 0.6) is 0 Å². The SMILES string of the molecule is CCNC(=NCC1CCN(CCOC)CC1)NCCc1ccc(Cl)nc1.I. The molecule has 8 heteroatoms. The van der Waals surface area contributed by atoms with Gasteiger partial charge in [-0.2, -0.15) is 0 Å². The molecule has 6 nitrogen and oxygen atoms in total. The number of pyridine rings is 1. The van der Waals surface area contributed by atoms with E-state index in [9.17, 15) is 0 Å². The van der Waals surface area contributed by atoms with Crippen molar-refractivity contribution in [1.82, 2.24) is 20.5 Å². The molecular formula is C19H33ClIN5O. The van der Waals surface area contributed by atoms with E-state index >= 15 is 0 Å². The molecule has 27 heavy (non-hydrogen) atoms. The zero-order valence-electron chi connectivity index (χ0n) is 16.4. The fraction of sp³-hybridized carbons (Fsp3) is 0.684. The van der Waals surface area contributed by atoms with Gasteiger partial charge in [-0.3, -0.25) is 4.99 Å². The fourth-order valence-corrected chi connectivity index (χ4v) is 3.17. The minimum absolute atomic E-state index is 0. The number of ether oxygens (including phenoxy) is 1. The Morgan fingerprint density at radius 2 is 2.11 bits per heavy atom. The first-order chi connectivity index (χ1) is 12.7. The van der Waals surface area contributed by atoms with Crippen molar-refractivity contribution < 1.29 is 4.74 Å². The molecule has 1 aromatic rings. The van der Waals surface area contributed by atoms with Crippen LogP contribution in [0.3, 0.4) is 0 Å². The predicted octanol–water partition coefficient (Wildman–Crippen LogP) is 2.81. The van der Waals surface area contributed by atoms with Gasteiger partial charge in [-0.15, -0.1) is 24.0 Å². The Labute approximate surface area is 185 Å². The molecular weight excluding hydrogens is 477 g/mol. The van der Waals surface area contributed by atoms with E-state index in [0.29, 0.717) is 11.1 Å². The summed E-state index contributed by atoms with van der Waals surface area (Å²) in [7, 11) is 1.76. The summed E-state index contributed by atoms with van der Waals surface area (Å²) >= 11 is 5.82. The topological polar surface area (TPSA) is 61.8 Å². The average Bonchev–Trinajstić information content (AvgIpc) is 2.67. The maximum atomic E-state index is 5.82. The number of piperidine rings is 1. The number of aliphatic imine (C=N–C) groups is 1. The molecule has 1 saturated heterocycles. The zero-order valence-corrected chi connectivity index (χ0v) is 19.5. The summed E-state index contributed by atoms with van der Waals surface area (Å²) in [5.41, 5.74) is 1.17. The highest BCUT2D eigenvalue weighted by molar-refractivity contribution is 14.0. The third-order valence-corrected chi connectivity index (χ3v) is 4.89. The maximum Gasteiger partial charge on any atom is 0.191 e. The van der Waals surface area contributed by atoms with Gasteiger partial charge in [0, 0.05) is 39.5 Å². The largest absolute Gasteiger partial charge is 0.383 e. The van der Waals surface area contributed by atoms with Crippen LogP contribution in [0.2, 0.25) is 5.15 Å². The third kappa shape index (κ3) is 9.91. The van der Waals surface area contributed by atoms with Gasteiger partial charge in [-0.05, 0) is 56.8 Å². The molecule has 1 aliphatic rings. The van der Waals surface area contributed by atoms with Gasteiger partial charge in [-0.25, -0.2) is 4.98 Å². The first kappa shape index (κ1) is 24.4. The molecule has 0 radical (unpaired) electrons. The summed E-state index contributed by atoms with van der Waals surface area (Å²) in [4.78, 5) is 11.4. The van der Waals surface area contributed by atoms with Crippen LogP contribution in [0, 0.1) is 5.92 Å². The number of methoxy groups -OCH3 is 1. The first-order valence-electron chi connectivity index (χ1n) is 9.55. The van der Waals surface area contributed by atoms with Gasteiger partial charge in [0.2, 0.25) is 0 Å². The Morgan fingerprint density at radius 3 is 2.74 bits per heavy atom. The third-order valence-electron chi connectivity index (χ3n) is 4.67. The molecule has 0 aliphatic carbocycles. The number of hydrogen-bond donors (Lipinski definition) is 2. The van der Waals surface area contributed by atoms with Crippen molar-refractivity contribution in [3.8, 4) is 0 Å². The summed E-state index contributed by atoms with van der Waals surface area (Å²) < 4.78 is 5.16. The molecule has 0 aromatic carbocycles. The minimum Gasteiger partial charge on any atom is -0.383 e. The lowest BCUT2D eigenvalue weighted by molar-refractivity contribution is 0.121. The molecule has 2 N–H and O–H groups in total. The Morgan fingerprint density at radius 1 is 1.33 bits per heavy atom. The van der Waals surface area contributed by atoms with Crippen molar-refractivity contribution >= 4 is 41.5 Å². The molecule has 1 aromatic heterocycles. The molecule has 1 fully saturated rings. The monoisotopic (exact) mass is 509 g/mol. The molecule has 2 heterocycles. The van der Waals surface area contributed by atoms with E-state index in [0.717, 1.165) is 58.3 Å². The van der Waals surface area contributed by atoms with Gasteiger partial charge in [0.05, 0.1) is 6.61 Å². The fourth-order valence-electron chi connectivity index (χ4n) is 3.05. The van der Waals surface area contributed by atoms with E-state index in [1.165, 1.54) is 18.4 Å². The number of rotatable bonds is 9. The van der Waals surface area contributed by atoms with Crippen molar-refractivity contribution in [3.05, 3.63) is 29.0 Å². The number of hydrogen-bond acceptors (Lipinski definition) is 4. The Balaban J connectivity index is 0.00000364. The van der Waals surface area contributed by atoms with Crippen LogP contribution in [0.15, 0.2) is 23.3 Å². The maximum absolute atomic E-state index is 5.82. The molecule has 0 atom stereocenters. The first-order valence-corrected chi connectivity index (χ1v) is 9.93. The molecule has 2 rings (SSSR count). The lowest BCUT2D eigenvalue weighted by Crippen LogP contribution is -2.40. The quantitative estimate of drug-likeness (QED) is 0.232. The smallest absolute Gasteiger partial charge is 0.191 e. The number of nitrogens with zero attached hydrogens (tertiary/aromatic N) is 3. The summed E-state index contributed by atoms with van der Waals surface area (Å²) in [6, 6.07) is 3.84. The minimum atomic E-state index is 0. The van der Waals surface area contributed by atoms with Crippen molar-refractivity contribution in [1.29, 1.82) is 0 Å². The van der Waals surface area contributed by atoms with Crippen LogP contribution in [0.4, 0.5) is 0 Å². The van der Waals surface area contributed by atoms with Crippen LogP contribution >= 0.6 is 35.6 Å². The lowest BCUT2D eigenvalue weighted by Gasteiger charge is -2.31. The number of likely N-dealkylation sites (tertiary alicyclic amines) is 1. The van der Waals surface area contributed by atoms with Crippen LogP contribution in [0.1, 0.15) is 25.3 Å². The zero-order chi connectivity index (χ0) is 18.6. The number of aromatic nitrogens is 1. The summed E-state index contributed by atoms with van der Waals surface area (Å²) in [5, 5.41) is 7.27. The molecule has 1 aliphatic heterocycles. The Bertz CT molecular complexity index is 535. The van der Waals surface area contributed by atoms with Crippen molar-refractivity contribution in [3.63, 3.8) is 0 Å². The predicted molar refractivity (Wildman–Crippen MR) is 123 cm³/mol. The molecule has 0 spiro atoms. The average molecular weight is 510 g/mol. The Hall–Kier alpha value is -0.640. The highest BCUT2D eigenvalue weighted by Crippen LogP contribution is 2.17. The molecule has 154 valence electrons. The van der Waals surface area contributed by atoms with Crippen LogP contribution in [-0.2, 0) is 11.2 Å². The second-order valence-corrected chi connectivity index (χ2v) is 7.05. The van der Waals surface area contributed by atoms with Gasteiger partial charge < -0.3 is 20.3 Å².